The fraction of sp³-hybridized carbons (Fsp3) is 0.300. The van der Waals surface area contributed by atoms with Gasteiger partial charge in [-0.1, -0.05) is 36.8 Å². The maximum atomic E-state index is 12.6. The molecule has 3 rings (SSSR count). The summed E-state index contributed by atoms with van der Waals surface area (Å²) >= 11 is 0. The molecule has 0 saturated carbocycles. The van der Waals surface area contributed by atoms with Gasteiger partial charge in [0.15, 0.2) is 12.4 Å². The van der Waals surface area contributed by atoms with Crippen molar-refractivity contribution in [2.24, 2.45) is 0 Å². The van der Waals surface area contributed by atoms with E-state index in [0.717, 1.165) is 19.3 Å². The second kappa shape index (κ2) is 8.45. The molecule has 0 bridgehead atoms. The second-order valence-electron chi connectivity index (χ2n) is 6.35. The summed E-state index contributed by atoms with van der Waals surface area (Å²) in [5, 5.41) is 0. The van der Waals surface area contributed by atoms with Gasteiger partial charge in [0.1, 0.15) is 0 Å². The molecular formula is C20H21NO5S. The molecule has 1 fully saturated rings. The Morgan fingerprint density at radius 1 is 0.852 bits per heavy atom. The number of nitrogens with zero attached hydrogens (tertiary/aromatic N) is 1. The first kappa shape index (κ1) is 19.3. The van der Waals surface area contributed by atoms with Gasteiger partial charge in [-0.05, 0) is 37.1 Å². The van der Waals surface area contributed by atoms with Crippen LogP contribution in [0, 0.1) is 0 Å². The van der Waals surface area contributed by atoms with Crippen LogP contribution >= 0.6 is 0 Å². The highest BCUT2D eigenvalue weighted by atomic mass is 32.2. The maximum absolute atomic E-state index is 12.6. The van der Waals surface area contributed by atoms with Crippen molar-refractivity contribution in [3.05, 3.63) is 65.7 Å². The summed E-state index contributed by atoms with van der Waals surface area (Å²) in [4.78, 5) is 24.2. The van der Waals surface area contributed by atoms with Crippen molar-refractivity contribution in [3.8, 4) is 0 Å². The Morgan fingerprint density at radius 2 is 1.48 bits per heavy atom. The molecule has 0 aliphatic carbocycles. The minimum Gasteiger partial charge on any atom is -0.454 e. The van der Waals surface area contributed by atoms with Crippen LogP contribution in [0.5, 0.6) is 0 Å². The number of esters is 1. The summed E-state index contributed by atoms with van der Waals surface area (Å²) in [5.41, 5.74) is 0.668. The molecule has 142 valence electrons. The van der Waals surface area contributed by atoms with Crippen LogP contribution in [0.1, 0.15) is 40.0 Å². The van der Waals surface area contributed by atoms with Gasteiger partial charge in [0.05, 0.1) is 10.5 Å². The minimum atomic E-state index is -3.54. The van der Waals surface area contributed by atoms with Gasteiger partial charge < -0.3 is 4.74 Å². The lowest BCUT2D eigenvalue weighted by atomic mass is 10.1. The van der Waals surface area contributed by atoms with Crippen molar-refractivity contribution in [3.63, 3.8) is 0 Å². The van der Waals surface area contributed by atoms with Gasteiger partial charge in [0.25, 0.3) is 0 Å². The normalized spacial score (nSPS) is 15.3. The molecule has 0 unspecified atom stereocenters. The van der Waals surface area contributed by atoms with Gasteiger partial charge in [-0.2, -0.15) is 4.31 Å². The number of hydrogen-bond donors (Lipinski definition) is 0. The first-order valence-electron chi connectivity index (χ1n) is 8.84. The Balaban J connectivity index is 1.62. The average Bonchev–Trinajstić information content (AvgIpc) is 2.73. The standard InChI is InChI=1S/C20H21NO5S/c22-19(16-7-3-1-4-8-16)15-26-20(23)17-9-11-18(12-10-17)27(24,25)21-13-5-2-6-14-21/h1,3-4,7-12H,2,5-6,13-15H2. The van der Waals surface area contributed by atoms with Crippen LogP contribution in [-0.4, -0.2) is 44.2 Å². The highest BCUT2D eigenvalue weighted by molar-refractivity contribution is 7.89. The van der Waals surface area contributed by atoms with E-state index in [1.165, 1.54) is 28.6 Å². The van der Waals surface area contributed by atoms with Crippen molar-refractivity contribution in [1.29, 1.82) is 0 Å². The van der Waals surface area contributed by atoms with Gasteiger partial charge in [-0.3, -0.25) is 4.79 Å². The average molecular weight is 387 g/mol. The lowest BCUT2D eigenvalue weighted by Crippen LogP contribution is -2.35. The quantitative estimate of drug-likeness (QED) is 0.562. The number of ether oxygens (including phenoxy) is 1. The largest absolute Gasteiger partial charge is 0.454 e. The molecule has 6 nitrogen and oxygen atoms in total. The maximum Gasteiger partial charge on any atom is 0.338 e. The first-order chi connectivity index (χ1) is 13.0. The number of ketones is 1. The number of carbonyl (C=O) groups is 2. The summed E-state index contributed by atoms with van der Waals surface area (Å²) in [6, 6.07) is 14.2. The summed E-state index contributed by atoms with van der Waals surface area (Å²) < 4.78 is 31.7. The molecule has 0 amide bonds. The molecule has 2 aromatic carbocycles. The fourth-order valence-corrected chi connectivity index (χ4v) is 4.46. The Labute approximate surface area is 158 Å². The molecule has 2 aromatic rings. The molecule has 7 heteroatoms. The molecule has 0 spiro atoms. The number of sulfonamides is 1. The number of carbonyl (C=O) groups excluding carboxylic acids is 2. The monoisotopic (exact) mass is 387 g/mol. The summed E-state index contributed by atoms with van der Waals surface area (Å²) in [7, 11) is -3.54. The van der Waals surface area contributed by atoms with E-state index in [0.29, 0.717) is 18.7 Å². The zero-order chi connectivity index (χ0) is 19.3. The van der Waals surface area contributed by atoms with Crippen LogP contribution in [0.25, 0.3) is 0 Å². The van der Waals surface area contributed by atoms with Crippen molar-refractivity contribution in [2.75, 3.05) is 19.7 Å². The predicted octanol–water partition coefficient (Wildman–Crippen LogP) is 2.90. The molecule has 1 saturated heterocycles. The third kappa shape index (κ3) is 4.61. The Bertz CT molecular complexity index is 901. The van der Waals surface area contributed by atoms with Crippen molar-refractivity contribution in [2.45, 2.75) is 24.2 Å². The molecular weight excluding hydrogens is 366 g/mol. The molecule has 0 radical (unpaired) electrons. The zero-order valence-corrected chi connectivity index (χ0v) is 15.7. The summed E-state index contributed by atoms with van der Waals surface area (Å²) in [5.74, 6) is -0.963. The van der Waals surface area contributed by atoms with E-state index >= 15 is 0 Å². The Hall–Kier alpha value is -2.51. The number of rotatable bonds is 6. The molecule has 0 N–H and O–H groups in total. The number of benzene rings is 2. The Kier molecular flexibility index (Phi) is 6.03. The summed E-state index contributed by atoms with van der Waals surface area (Å²) in [6.45, 7) is 0.679. The van der Waals surface area contributed by atoms with E-state index in [9.17, 15) is 18.0 Å². The number of Topliss-reactive ketones (excluding diaryl/α,β-unsaturated/α-hetero) is 1. The van der Waals surface area contributed by atoms with Gasteiger partial charge in [-0.25, -0.2) is 13.2 Å². The molecule has 1 aliphatic heterocycles. The number of hydrogen-bond acceptors (Lipinski definition) is 5. The molecule has 27 heavy (non-hydrogen) atoms. The van der Waals surface area contributed by atoms with E-state index in [1.807, 2.05) is 0 Å². The van der Waals surface area contributed by atoms with Crippen LogP contribution in [0.3, 0.4) is 0 Å². The van der Waals surface area contributed by atoms with Crippen LogP contribution in [0.4, 0.5) is 0 Å². The van der Waals surface area contributed by atoms with Gasteiger partial charge in [0, 0.05) is 18.7 Å². The lowest BCUT2D eigenvalue weighted by Gasteiger charge is -2.25. The third-order valence-electron chi connectivity index (χ3n) is 4.47. The van der Waals surface area contributed by atoms with E-state index in [-0.39, 0.29) is 22.8 Å². The van der Waals surface area contributed by atoms with E-state index < -0.39 is 16.0 Å². The predicted molar refractivity (Wildman–Crippen MR) is 100 cm³/mol. The van der Waals surface area contributed by atoms with Gasteiger partial charge in [0.2, 0.25) is 10.0 Å². The molecule has 1 aliphatic rings. The SMILES string of the molecule is O=C(COC(=O)c1ccc(S(=O)(=O)N2CCCCC2)cc1)c1ccccc1. The van der Waals surface area contributed by atoms with Crippen LogP contribution in [0.15, 0.2) is 59.5 Å². The topological polar surface area (TPSA) is 80.8 Å². The highest BCUT2D eigenvalue weighted by Crippen LogP contribution is 2.21. The second-order valence-corrected chi connectivity index (χ2v) is 8.29. The smallest absolute Gasteiger partial charge is 0.338 e. The van der Waals surface area contributed by atoms with Gasteiger partial charge in [-0.15, -0.1) is 0 Å². The Morgan fingerprint density at radius 3 is 2.11 bits per heavy atom. The molecule has 1 heterocycles. The van der Waals surface area contributed by atoms with Crippen LogP contribution < -0.4 is 0 Å². The van der Waals surface area contributed by atoms with Crippen LogP contribution in [-0.2, 0) is 14.8 Å². The lowest BCUT2D eigenvalue weighted by molar-refractivity contribution is 0.0474. The van der Waals surface area contributed by atoms with E-state index in [4.69, 9.17) is 4.74 Å². The van der Waals surface area contributed by atoms with Gasteiger partial charge >= 0.3 is 5.97 Å². The van der Waals surface area contributed by atoms with E-state index in [1.54, 1.807) is 30.3 Å². The third-order valence-corrected chi connectivity index (χ3v) is 6.39. The highest BCUT2D eigenvalue weighted by Gasteiger charge is 2.26. The number of piperidine rings is 1. The summed E-state index contributed by atoms with van der Waals surface area (Å²) in [6.07, 6.45) is 2.76. The van der Waals surface area contributed by atoms with E-state index in [2.05, 4.69) is 0 Å². The minimum absolute atomic E-state index is 0.154. The van der Waals surface area contributed by atoms with Crippen molar-refractivity contribution in [1.82, 2.24) is 4.31 Å². The van der Waals surface area contributed by atoms with Crippen molar-refractivity contribution < 1.29 is 22.7 Å². The molecule has 0 aromatic heterocycles. The molecule has 0 atom stereocenters. The first-order valence-corrected chi connectivity index (χ1v) is 10.3. The van der Waals surface area contributed by atoms with Crippen LogP contribution in [0.2, 0.25) is 0 Å². The zero-order valence-electron chi connectivity index (χ0n) is 14.8. The fourth-order valence-electron chi connectivity index (χ4n) is 2.94. The van der Waals surface area contributed by atoms with Crippen molar-refractivity contribution >= 4 is 21.8 Å².